The Morgan fingerprint density at radius 2 is 1.89 bits per heavy atom. The average molecular weight is 317 g/mol. The molecule has 3 rings (SSSR count). The molecule has 0 aliphatic heterocycles. The van der Waals surface area contributed by atoms with Gasteiger partial charge < -0.3 is 0 Å². The zero-order chi connectivity index (χ0) is 13.2. The predicted octanol–water partition coefficient (Wildman–Crippen LogP) is 4.44. The van der Waals surface area contributed by atoms with Gasteiger partial charge in [0.25, 0.3) is 0 Å². The van der Waals surface area contributed by atoms with Crippen LogP contribution < -0.4 is 0 Å². The molecular formula is C15H10BrFN2. The lowest BCUT2D eigenvalue weighted by Crippen LogP contribution is -1.94. The second-order valence-corrected chi connectivity index (χ2v) is 4.99. The van der Waals surface area contributed by atoms with Crippen molar-refractivity contribution < 1.29 is 4.39 Å². The van der Waals surface area contributed by atoms with Crippen molar-refractivity contribution in [2.24, 2.45) is 0 Å². The fourth-order valence-corrected chi connectivity index (χ4v) is 2.43. The van der Waals surface area contributed by atoms with E-state index < -0.39 is 0 Å². The van der Waals surface area contributed by atoms with Gasteiger partial charge in [-0.2, -0.15) is 5.10 Å². The molecule has 0 aliphatic carbocycles. The first-order valence-corrected chi connectivity index (χ1v) is 6.59. The zero-order valence-electron chi connectivity index (χ0n) is 9.92. The fraction of sp³-hybridized carbons (Fsp3) is 0. The van der Waals surface area contributed by atoms with E-state index in [1.54, 1.807) is 16.9 Å². The first kappa shape index (κ1) is 12.1. The van der Waals surface area contributed by atoms with Gasteiger partial charge in [-0.05, 0) is 29.8 Å². The van der Waals surface area contributed by atoms with Crippen molar-refractivity contribution in [2.75, 3.05) is 0 Å². The van der Waals surface area contributed by atoms with Crippen molar-refractivity contribution in [1.82, 2.24) is 9.78 Å². The smallest absolute Gasteiger partial charge is 0.125 e. The summed E-state index contributed by atoms with van der Waals surface area (Å²) in [6.45, 7) is 0. The SMILES string of the molecule is Fc1cccc(-n2cc(-c3ccccc3Br)cn2)c1. The summed E-state index contributed by atoms with van der Waals surface area (Å²) in [6.07, 6.45) is 3.65. The van der Waals surface area contributed by atoms with E-state index in [0.29, 0.717) is 5.69 Å². The van der Waals surface area contributed by atoms with E-state index in [2.05, 4.69) is 21.0 Å². The van der Waals surface area contributed by atoms with E-state index in [1.807, 2.05) is 36.5 Å². The van der Waals surface area contributed by atoms with E-state index in [9.17, 15) is 4.39 Å². The van der Waals surface area contributed by atoms with Crippen LogP contribution in [0.15, 0.2) is 65.4 Å². The Bertz CT molecular complexity index is 721. The van der Waals surface area contributed by atoms with Crippen molar-refractivity contribution in [1.29, 1.82) is 0 Å². The van der Waals surface area contributed by atoms with Gasteiger partial charge >= 0.3 is 0 Å². The van der Waals surface area contributed by atoms with Crippen molar-refractivity contribution in [2.45, 2.75) is 0 Å². The molecule has 94 valence electrons. The first-order chi connectivity index (χ1) is 9.24. The lowest BCUT2D eigenvalue weighted by molar-refractivity contribution is 0.625. The van der Waals surface area contributed by atoms with Gasteiger partial charge in [-0.15, -0.1) is 0 Å². The van der Waals surface area contributed by atoms with E-state index in [0.717, 1.165) is 15.6 Å². The Morgan fingerprint density at radius 1 is 1.05 bits per heavy atom. The molecule has 1 aromatic heterocycles. The standard InChI is InChI=1S/C15H10BrFN2/c16-15-7-2-1-6-14(15)11-9-18-19(10-11)13-5-3-4-12(17)8-13/h1-10H. The fourth-order valence-electron chi connectivity index (χ4n) is 1.92. The van der Waals surface area contributed by atoms with Crippen LogP contribution in [0.4, 0.5) is 4.39 Å². The second kappa shape index (κ2) is 4.97. The molecule has 0 unspecified atom stereocenters. The summed E-state index contributed by atoms with van der Waals surface area (Å²) in [6, 6.07) is 14.3. The maximum atomic E-state index is 13.2. The van der Waals surface area contributed by atoms with Gasteiger partial charge in [-0.1, -0.05) is 40.2 Å². The highest BCUT2D eigenvalue weighted by molar-refractivity contribution is 9.10. The second-order valence-electron chi connectivity index (χ2n) is 4.13. The van der Waals surface area contributed by atoms with Crippen LogP contribution in [0.25, 0.3) is 16.8 Å². The molecule has 0 radical (unpaired) electrons. The van der Waals surface area contributed by atoms with Crippen LogP contribution in [0.2, 0.25) is 0 Å². The van der Waals surface area contributed by atoms with Crippen molar-refractivity contribution in [3.63, 3.8) is 0 Å². The minimum Gasteiger partial charge on any atom is -0.240 e. The van der Waals surface area contributed by atoms with Crippen LogP contribution in [-0.4, -0.2) is 9.78 Å². The number of benzene rings is 2. The third-order valence-electron chi connectivity index (χ3n) is 2.84. The largest absolute Gasteiger partial charge is 0.240 e. The van der Waals surface area contributed by atoms with Crippen LogP contribution in [0.1, 0.15) is 0 Å². The van der Waals surface area contributed by atoms with Crippen LogP contribution >= 0.6 is 15.9 Å². The minimum atomic E-state index is -0.268. The molecule has 0 saturated carbocycles. The molecule has 3 aromatic rings. The number of hydrogen-bond acceptors (Lipinski definition) is 1. The van der Waals surface area contributed by atoms with Crippen molar-refractivity contribution in [3.05, 3.63) is 71.2 Å². The summed E-state index contributed by atoms with van der Waals surface area (Å²) in [7, 11) is 0. The monoisotopic (exact) mass is 316 g/mol. The molecule has 0 fully saturated rings. The van der Waals surface area contributed by atoms with Crippen molar-refractivity contribution >= 4 is 15.9 Å². The summed E-state index contributed by atoms with van der Waals surface area (Å²) in [5.41, 5.74) is 2.75. The van der Waals surface area contributed by atoms with E-state index >= 15 is 0 Å². The molecule has 19 heavy (non-hydrogen) atoms. The molecular weight excluding hydrogens is 307 g/mol. The highest BCUT2D eigenvalue weighted by atomic mass is 79.9. The molecule has 0 atom stereocenters. The molecule has 0 spiro atoms. The molecule has 0 bridgehead atoms. The van der Waals surface area contributed by atoms with Gasteiger partial charge in [0, 0.05) is 16.2 Å². The number of rotatable bonds is 2. The molecule has 0 N–H and O–H groups in total. The average Bonchev–Trinajstić information content (AvgIpc) is 2.89. The normalized spacial score (nSPS) is 10.6. The molecule has 2 nitrogen and oxygen atoms in total. The summed E-state index contributed by atoms with van der Waals surface area (Å²) < 4.78 is 15.9. The first-order valence-electron chi connectivity index (χ1n) is 5.79. The Labute approximate surface area is 118 Å². The van der Waals surface area contributed by atoms with Crippen LogP contribution in [0.3, 0.4) is 0 Å². The lowest BCUT2D eigenvalue weighted by atomic mass is 10.1. The summed E-state index contributed by atoms with van der Waals surface area (Å²) >= 11 is 3.51. The maximum Gasteiger partial charge on any atom is 0.125 e. The summed E-state index contributed by atoms with van der Waals surface area (Å²) in [5.74, 6) is -0.268. The van der Waals surface area contributed by atoms with Gasteiger partial charge in [0.2, 0.25) is 0 Å². The number of hydrogen-bond donors (Lipinski definition) is 0. The number of aromatic nitrogens is 2. The quantitative estimate of drug-likeness (QED) is 0.683. The highest BCUT2D eigenvalue weighted by Crippen LogP contribution is 2.27. The summed E-state index contributed by atoms with van der Waals surface area (Å²) in [4.78, 5) is 0. The molecule has 1 heterocycles. The van der Waals surface area contributed by atoms with E-state index in [4.69, 9.17) is 0 Å². The molecule has 2 aromatic carbocycles. The topological polar surface area (TPSA) is 17.8 Å². The van der Waals surface area contributed by atoms with Gasteiger partial charge in [-0.25, -0.2) is 9.07 Å². The molecule has 0 aliphatic rings. The van der Waals surface area contributed by atoms with Crippen LogP contribution in [-0.2, 0) is 0 Å². The Kier molecular flexibility index (Phi) is 3.17. The van der Waals surface area contributed by atoms with Gasteiger partial charge in [-0.3, -0.25) is 0 Å². The molecule has 4 heteroatoms. The number of halogens is 2. The van der Waals surface area contributed by atoms with Crippen LogP contribution in [0.5, 0.6) is 0 Å². The summed E-state index contributed by atoms with van der Waals surface area (Å²) in [5, 5.41) is 4.27. The zero-order valence-corrected chi connectivity index (χ0v) is 11.5. The number of nitrogens with zero attached hydrogens (tertiary/aromatic N) is 2. The lowest BCUT2D eigenvalue weighted by Gasteiger charge is -2.01. The maximum absolute atomic E-state index is 13.2. The Morgan fingerprint density at radius 3 is 2.68 bits per heavy atom. The van der Waals surface area contributed by atoms with Crippen molar-refractivity contribution in [3.8, 4) is 16.8 Å². The minimum absolute atomic E-state index is 0.268. The van der Waals surface area contributed by atoms with Crippen LogP contribution in [0, 0.1) is 5.82 Å². The van der Waals surface area contributed by atoms with E-state index in [-0.39, 0.29) is 5.82 Å². The third-order valence-corrected chi connectivity index (χ3v) is 3.53. The van der Waals surface area contributed by atoms with Gasteiger partial charge in [0.15, 0.2) is 0 Å². The third kappa shape index (κ3) is 2.44. The highest BCUT2D eigenvalue weighted by Gasteiger charge is 2.06. The van der Waals surface area contributed by atoms with E-state index in [1.165, 1.54) is 12.1 Å². The van der Waals surface area contributed by atoms with Gasteiger partial charge in [0.05, 0.1) is 11.9 Å². The Balaban J connectivity index is 2.03. The molecule has 0 amide bonds. The molecule has 0 saturated heterocycles. The predicted molar refractivity (Wildman–Crippen MR) is 76.7 cm³/mol. The Hall–Kier alpha value is -1.94. The van der Waals surface area contributed by atoms with Gasteiger partial charge in [0.1, 0.15) is 5.82 Å².